The largest absolute Gasteiger partial charge is 0.368 e. The van der Waals surface area contributed by atoms with Gasteiger partial charge in [0.05, 0.1) is 0 Å². The molecule has 17 heavy (non-hydrogen) atoms. The van der Waals surface area contributed by atoms with Crippen LogP contribution in [-0.2, 0) is 10.8 Å². The second kappa shape index (κ2) is 6.29. The van der Waals surface area contributed by atoms with E-state index in [9.17, 15) is 9.00 Å². The van der Waals surface area contributed by atoms with Gasteiger partial charge in [0.1, 0.15) is 5.69 Å². The van der Waals surface area contributed by atoms with Gasteiger partial charge in [0.25, 0.3) is 5.91 Å². The van der Waals surface area contributed by atoms with E-state index in [1.165, 1.54) is 0 Å². The zero-order valence-corrected chi connectivity index (χ0v) is 10.7. The molecule has 0 saturated heterocycles. The molecule has 94 valence electrons. The van der Waals surface area contributed by atoms with Gasteiger partial charge in [-0.05, 0) is 19.4 Å². The summed E-state index contributed by atoms with van der Waals surface area (Å²) in [7, 11) is -0.829. The Labute approximate surface area is 102 Å². The molecule has 1 aromatic heterocycles. The molecule has 0 radical (unpaired) electrons. The lowest BCUT2D eigenvalue weighted by Crippen LogP contribution is -2.26. The smallest absolute Gasteiger partial charge is 0.270 e. The number of amides is 1. The molecule has 3 N–H and O–H groups in total. The van der Waals surface area contributed by atoms with Gasteiger partial charge in [0.2, 0.25) is 5.95 Å². The van der Waals surface area contributed by atoms with E-state index >= 15 is 0 Å². The van der Waals surface area contributed by atoms with Crippen LogP contribution in [0, 0.1) is 6.92 Å². The number of aryl methyl sites for hydroxylation is 1. The number of nitrogen functional groups attached to an aromatic ring is 1. The number of nitrogens with two attached hydrogens (primary N) is 1. The molecule has 0 aliphatic heterocycles. The molecule has 1 unspecified atom stereocenters. The normalized spacial score (nSPS) is 12.1. The first-order valence-electron chi connectivity index (χ1n) is 5.18. The number of rotatable bonds is 5. The summed E-state index contributed by atoms with van der Waals surface area (Å²) in [6.45, 7) is 2.22. The van der Waals surface area contributed by atoms with E-state index in [2.05, 4.69) is 15.3 Å². The van der Waals surface area contributed by atoms with Crippen molar-refractivity contribution in [2.75, 3.05) is 24.3 Å². The molecule has 1 aromatic rings. The van der Waals surface area contributed by atoms with Crippen molar-refractivity contribution < 1.29 is 9.00 Å². The fourth-order valence-electron chi connectivity index (χ4n) is 1.28. The number of aromatic nitrogens is 2. The van der Waals surface area contributed by atoms with Crippen LogP contribution >= 0.6 is 0 Å². The summed E-state index contributed by atoms with van der Waals surface area (Å²) in [5, 5.41) is 2.69. The molecule has 6 nitrogen and oxygen atoms in total. The number of anilines is 1. The summed E-state index contributed by atoms with van der Waals surface area (Å²) < 4.78 is 10.8. The molecule has 0 aliphatic rings. The van der Waals surface area contributed by atoms with Gasteiger partial charge < -0.3 is 11.1 Å². The van der Waals surface area contributed by atoms with Crippen LogP contribution in [0.3, 0.4) is 0 Å². The number of hydrogen-bond donors (Lipinski definition) is 2. The number of carbonyl (C=O) groups is 1. The molecule has 1 atom stereocenters. The van der Waals surface area contributed by atoms with Crippen molar-refractivity contribution in [3.8, 4) is 0 Å². The van der Waals surface area contributed by atoms with Gasteiger partial charge in [-0.2, -0.15) is 0 Å². The zero-order chi connectivity index (χ0) is 12.8. The molecule has 0 spiro atoms. The minimum absolute atomic E-state index is 0.0878. The Morgan fingerprint density at radius 3 is 2.82 bits per heavy atom. The highest BCUT2D eigenvalue weighted by atomic mass is 32.2. The molecule has 1 rings (SSSR count). The molecule has 0 fully saturated rings. The van der Waals surface area contributed by atoms with Crippen molar-refractivity contribution in [1.29, 1.82) is 0 Å². The van der Waals surface area contributed by atoms with E-state index in [1.54, 1.807) is 19.2 Å². The van der Waals surface area contributed by atoms with Crippen LogP contribution in [0.25, 0.3) is 0 Å². The van der Waals surface area contributed by atoms with E-state index in [0.29, 0.717) is 24.4 Å². The third kappa shape index (κ3) is 4.90. The highest BCUT2D eigenvalue weighted by Gasteiger charge is 2.08. The van der Waals surface area contributed by atoms with Crippen molar-refractivity contribution in [3.05, 3.63) is 17.5 Å². The predicted octanol–water partition coefficient (Wildman–Crippen LogP) is -0.134. The van der Waals surface area contributed by atoms with Crippen molar-refractivity contribution in [2.24, 2.45) is 0 Å². The van der Waals surface area contributed by atoms with Crippen LogP contribution in [0.1, 0.15) is 22.6 Å². The second-order valence-corrected chi connectivity index (χ2v) is 5.19. The Balaban J connectivity index is 2.49. The van der Waals surface area contributed by atoms with E-state index in [0.717, 1.165) is 0 Å². The summed E-state index contributed by atoms with van der Waals surface area (Å²) in [5.74, 6) is 0.375. The summed E-state index contributed by atoms with van der Waals surface area (Å²) in [5.41, 5.74) is 6.36. The van der Waals surface area contributed by atoms with Gasteiger partial charge in [-0.15, -0.1) is 0 Å². The van der Waals surface area contributed by atoms with Crippen molar-refractivity contribution >= 4 is 22.7 Å². The Bertz CT molecular complexity index is 416. The molecule has 0 aromatic carbocycles. The Morgan fingerprint density at radius 2 is 2.24 bits per heavy atom. The average Bonchev–Trinajstić information content (AvgIpc) is 2.22. The van der Waals surface area contributed by atoms with Crippen LogP contribution in [0.15, 0.2) is 6.07 Å². The Kier molecular flexibility index (Phi) is 5.02. The molecule has 7 heteroatoms. The zero-order valence-electron chi connectivity index (χ0n) is 9.90. The van der Waals surface area contributed by atoms with Crippen LogP contribution in [0.4, 0.5) is 5.95 Å². The van der Waals surface area contributed by atoms with Gasteiger partial charge in [0, 0.05) is 35.0 Å². The molecule has 1 amide bonds. The van der Waals surface area contributed by atoms with Crippen molar-refractivity contribution in [1.82, 2.24) is 15.3 Å². The minimum Gasteiger partial charge on any atom is -0.368 e. The predicted molar refractivity (Wildman–Crippen MR) is 67.1 cm³/mol. The molecule has 0 saturated carbocycles. The maximum atomic E-state index is 11.7. The third-order valence-electron chi connectivity index (χ3n) is 2.00. The van der Waals surface area contributed by atoms with Crippen LogP contribution in [0.5, 0.6) is 0 Å². The van der Waals surface area contributed by atoms with E-state index in [1.807, 2.05) is 0 Å². The second-order valence-electron chi connectivity index (χ2n) is 3.64. The maximum absolute atomic E-state index is 11.7. The number of nitrogens with zero attached hydrogens (tertiary/aromatic N) is 2. The lowest BCUT2D eigenvalue weighted by Gasteiger charge is -2.05. The molecular weight excluding hydrogens is 240 g/mol. The quantitative estimate of drug-likeness (QED) is 0.715. The van der Waals surface area contributed by atoms with Crippen LogP contribution in [-0.4, -0.2) is 38.6 Å². The first kappa shape index (κ1) is 13.6. The van der Waals surface area contributed by atoms with E-state index < -0.39 is 10.8 Å². The fraction of sp³-hybridized carbons (Fsp3) is 0.500. The first-order chi connectivity index (χ1) is 7.99. The van der Waals surface area contributed by atoms with Crippen molar-refractivity contribution in [2.45, 2.75) is 13.3 Å². The number of carbonyl (C=O) groups excluding carboxylic acids is 1. The molecule has 0 bridgehead atoms. The Morgan fingerprint density at radius 1 is 1.53 bits per heavy atom. The molecule has 0 aliphatic carbocycles. The van der Waals surface area contributed by atoms with Gasteiger partial charge in [-0.3, -0.25) is 9.00 Å². The summed E-state index contributed by atoms with van der Waals surface area (Å²) in [6.07, 6.45) is 2.31. The highest BCUT2D eigenvalue weighted by Crippen LogP contribution is 2.01. The minimum atomic E-state index is -0.829. The third-order valence-corrected chi connectivity index (χ3v) is 2.86. The highest BCUT2D eigenvalue weighted by molar-refractivity contribution is 7.84. The molecule has 1 heterocycles. The van der Waals surface area contributed by atoms with Gasteiger partial charge in [0.15, 0.2) is 0 Å². The van der Waals surface area contributed by atoms with Crippen molar-refractivity contribution in [3.63, 3.8) is 0 Å². The summed E-state index contributed by atoms with van der Waals surface area (Å²) in [4.78, 5) is 19.4. The van der Waals surface area contributed by atoms with Crippen LogP contribution in [0.2, 0.25) is 0 Å². The SMILES string of the molecule is Cc1cc(C(=O)NCCCS(C)=O)nc(N)n1. The van der Waals surface area contributed by atoms with Gasteiger partial charge in [-0.1, -0.05) is 0 Å². The average molecular weight is 256 g/mol. The van der Waals surface area contributed by atoms with Gasteiger partial charge >= 0.3 is 0 Å². The molecular formula is C10H16N4O2S. The fourth-order valence-corrected chi connectivity index (χ4v) is 1.83. The van der Waals surface area contributed by atoms with Gasteiger partial charge in [-0.25, -0.2) is 9.97 Å². The standard InChI is InChI=1S/C10H16N4O2S/c1-7-6-8(14-10(11)13-7)9(15)12-4-3-5-17(2)16/h6H,3-5H2,1-2H3,(H,12,15)(H2,11,13,14). The summed E-state index contributed by atoms with van der Waals surface area (Å²) in [6, 6.07) is 1.57. The number of nitrogens with one attached hydrogen (secondary N) is 1. The maximum Gasteiger partial charge on any atom is 0.270 e. The Hall–Kier alpha value is -1.50. The van der Waals surface area contributed by atoms with E-state index in [-0.39, 0.29) is 17.5 Å². The topological polar surface area (TPSA) is 98.0 Å². The first-order valence-corrected chi connectivity index (χ1v) is 6.91. The lowest BCUT2D eigenvalue weighted by molar-refractivity contribution is 0.0948. The number of hydrogen-bond acceptors (Lipinski definition) is 5. The van der Waals surface area contributed by atoms with Crippen LogP contribution < -0.4 is 11.1 Å². The lowest BCUT2D eigenvalue weighted by atomic mass is 10.3. The summed E-state index contributed by atoms with van der Waals surface area (Å²) >= 11 is 0. The van der Waals surface area contributed by atoms with E-state index in [4.69, 9.17) is 5.73 Å². The monoisotopic (exact) mass is 256 g/mol.